The van der Waals surface area contributed by atoms with Crippen LogP contribution in [0.15, 0.2) is 49.6 Å². The van der Waals surface area contributed by atoms with Crippen LogP contribution in [-0.4, -0.2) is 130 Å². The van der Waals surface area contributed by atoms with Crippen LogP contribution in [0.25, 0.3) is 0 Å². The number of carbonyl (C=O) groups is 3. The second-order valence-corrected chi connectivity index (χ2v) is 16.3. The molecule has 3 amide bonds. The number of carbonyl (C=O) groups excluding carboxylic acids is 3. The molecule has 48 heavy (non-hydrogen) atoms. The molecule has 264 valence electrons. The first kappa shape index (κ1) is 36.9. The number of benzene rings is 1. The number of likely N-dealkylation sites (tertiary alicyclic amines) is 1. The van der Waals surface area contributed by atoms with Crippen molar-refractivity contribution < 1.29 is 29.0 Å². The molecule has 0 radical (unpaired) electrons. The van der Waals surface area contributed by atoms with Crippen molar-refractivity contribution in [2.75, 3.05) is 70.6 Å². The molecule has 4 heterocycles. The van der Waals surface area contributed by atoms with E-state index in [0.29, 0.717) is 63.7 Å². The molecule has 1 spiro atoms. The first-order valence-corrected chi connectivity index (χ1v) is 19.0. The summed E-state index contributed by atoms with van der Waals surface area (Å²) in [5.74, 6) is -0.982. The van der Waals surface area contributed by atoms with Crippen LogP contribution in [0, 0.1) is 17.8 Å². The zero-order chi connectivity index (χ0) is 34.6. The molecule has 1 aromatic carbocycles. The van der Waals surface area contributed by atoms with Crippen LogP contribution < -0.4 is 9.64 Å². The Hall–Kier alpha value is -2.38. The quantitative estimate of drug-likeness (QED) is 0.201. The Balaban J connectivity index is 1.53. The second kappa shape index (κ2) is 16.1. The van der Waals surface area contributed by atoms with Gasteiger partial charge in [0.1, 0.15) is 11.8 Å². The van der Waals surface area contributed by atoms with Crippen molar-refractivity contribution in [1.82, 2.24) is 14.7 Å². The van der Waals surface area contributed by atoms with Crippen LogP contribution in [0.5, 0.6) is 5.75 Å². The molecular weight excluding hydrogens is 696 g/mol. The average molecular weight is 748 g/mol. The van der Waals surface area contributed by atoms with E-state index in [1.54, 1.807) is 33.7 Å². The normalized spacial score (nSPS) is 28.8. The Morgan fingerprint density at radius 1 is 1.17 bits per heavy atom. The Bertz CT molecular complexity index is 1330. The number of rotatable bonds is 16. The second-order valence-electron chi connectivity index (χ2n) is 13.6. The third kappa shape index (κ3) is 7.10. The number of hydrogen-bond donors (Lipinski definition) is 1. The van der Waals surface area contributed by atoms with Gasteiger partial charge in [-0.25, -0.2) is 0 Å². The number of fused-ring (bicyclic) bond motifs is 1. The molecule has 5 rings (SSSR count). The van der Waals surface area contributed by atoms with Gasteiger partial charge in [-0.3, -0.25) is 19.3 Å². The van der Waals surface area contributed by atoms with Gasteiger partial charge < -0.3 is 29.3 Å². The number of alkyl halides is 1. The summed E-state index contributed by atoms with van der Waals surface area (Å²) in [6, 6.07) is 6.03. The number of hydrogen-bond acceptors (Lipinski definition) is 8. The van der Waals surface area contributed by atoms with Crippen LogP contribution in [0.4, 0.5) is 5.69 Å². The van der Waals surface area contributed by atoms with E-state index in [4.69, 9.17) is 9.47 Å². The van der Waals surface area contributed by atoms with E-state index >= 15 is 0 Å². The highest BCUT2D eigenvalue weighted by Crippen LogP contribution is 2.68. The maximum Gasteiger partial charge on any atom is 0.247 e. The topological polar surface area (TPSA) is 103 Å². The molecule has 12 heteroatoms. The van der Waals surface area contributed by atoms with E-state index in [0.717, 1.165) is 13.1 Å². The molecule has 1 N–H and O–H groups in total. The molecule has 0 aliphatic carbocycles. The van der Waals surface area contributed by atoms with Crippen molar-refractivity contribution in [3.63, 3.8) is 0 Å². The lowest BCUT2D eigenvalue weighted by Gasteiger charge is -2.40. The molecule has 0 saturated carbocycles. The summed E-state index contributed by atoms with van der Waals surface area (Å²) in [5.41, 5.74) is 0.694. The lowest BCUT2D eigenvalue weighted by atomic mass is 9.70. The smallest absolute Gasteiger partial charge is 0.247 e. The van der Waals surface area contributed by atoms with Crippen LogP contribution in [0.3, 0.4) is 0 Å². The minimum atomic E-state index is -0.825. The Morgan fingerprint density at radius 2 is 1.85 bits per heavy atom. The van der Waals surface area contributed by atoms with Crippen LogP contribution in [0.1, 0.15) is 33.6 Å². The van der Waals surface area contributed by atoms with Gasteiger partial charge in [0.25, 0.3) is 0 Å². The molecule has 0 aromatic heterocycles. The van der Waals surface area contributed by atoms with Gasteiger partial charge in [-0.2, -0.15) is 0 Å². The van der Waals surface area contributed by atoms with E-state index in [9.17, 15) is 19.5 Å². The largest absolute Gasteiger partial charge is 0.494 e. The molecule has 1 aromatic rings. The molecule has 7 atom stereocenters. The highest BCUT2D eigenvalue weighted by Gasteiger charge is 2.76. The van der Waals surface area contributed by atoms with Crippen molar-refractivity contribution in [2.24, 2.45) is 17.8 Å². The van der Waals surface area contributed by atoms with Gasteiger partial charge in [-0.15, -0.1) is 24.9 Å². The van der Waals surface area contributed by atoms with E-state index in [1.165, 1.54) is 0 Å². The van der Waals surface area contributed by atoms with Gasteiger partial charge in [0.15, 0.2) is 0 Å². The standard InChI is InChI=1S/C36H51BrN4O6S/c1-6-13-39(16-15-38-17-19-46-20-18-38)35(45)32-36-22-28(37)31(48-36)29(30(36)34(44)41(32)26(23-42)21-24(4)5)33(43)40(14-7-2)25-9-11-27(12-10-25)47-8-3/h6-7,9-12,24,26,28-32,42H,1-2,8,13-23H2,3-5H3/t26-,28?,29+,30+,31+,32?,36?/m1/s1. The minimum Gasteiger partial charge on any atom is -0.494 e. The fraction of sp³-hybridized carbons (Fsp3) is 0.639. The SMILES string of the molecule is C=CCN(CCN1CCOCC1)C(=O)C1N([C@@H](CO)CC(C)C)C(=O)[C@@H]2[C@H](C(=O)N(CC=C)c3ccc(OCC)cc3)[C@H]3SC12CC3Br. The lowest BCUT2D eigenvalue weighted by molar-refractivity contribution is -0.146. The maximum atomic E-state index is 14.9. The van der Waals surface area contributed by atoms with Crippen LogP contribution in [0.2, 0.25) is 0 Å². The molecule has 2 bridgehead atoms. The molecule has 10 nitrogen and oxygen atoms in total. The van der Waals surface area contributed by atoms with Gasteiger partial charge in [-0.1, -0.05) is 41.9 Å². The predicted octanol–water partition coefficient (Wildman–Crippen LogP) is 3.82. The number of ether oxygens (including phenoxy) is 2. The Morgan fingerprint density at radius 3 is 2.46 bits per heavy atom. The molecule has 3 unspecified atom stereocenters. The zero-order valence-corrected chi connectivity index (χ0v) is 30.9. The monoisotopic (exact) mass is 746 g/mol. The molecule has 4 aliphatic heterocycles. The highest BCUT2D eigenvalue weighted by atomic mass is 79.9. The van der Waals surface area contributed by atoms with Gasteiger partial charge in [-0.05, 0) is 49.9 Å². The molecule has 4 saturated heterocycles. The van der Waals surface area contributed by atoms with Crippen molar-refractivity contribution in [2.45, 2.75) is 60.5 Å². The third-order valence-corrected chi connectivity index (χ3v) is 13.3. The lowest BCUT2D eigenvalue weighted by Crippen LogP contribution is -2.58. The molecule has 4 aliphatic rings. The number of thioether (sulfide) groups is 1. The summed E-state index contributed by atoms with van der Waals surface area (Å²) in [5, 5.41) is 10.5. The van der Waals surface area contributed by atoms with Crippen LogP contribution >= 0.6 is 27.7 Å². The number of morpholine rings is 1. The summed E-state index contributed by atoms with van der Waals surface area (Å²) in [6.45, 7) is 18.9. The first-order valence-electron chi connectivity index (χ1n) is 17.2. The first-order chi connectivity index (χ1) is 23.1. The molecular formula is C36H51BrN4O6S. The van der Waals surface area contributed by atoms with Crippen molar-refractivity contribution in [3.8, 4) is 5.75 Å². The number of aliphatic hydroxyl groups is 1. The van der Waals surface area contributed by atoms with Crippen LogP contribution in [-0.2, 0) is 19.1 Å². The van der Waals surface area contributed by atoms with E-state index in [1.807, 2.05) is 36.1 Å². The van der Waals surface area contributed by atoms with Crippen molar-refractivity contribution in [3.05, 3.63) is 49.6 Å². The van der Waals surface area contributed by atoms with Gasteiger partial charge in [0.05, 0.1) is 49.1 Å². The van der Waals surface area contributed by atoms with Gasteiger partial charge in [0.2, 0.25) is 17.7 Å². The minimum absolute atomic E-state index is 0.0689. The summed E-state index contributed by atoms with van der Waals surface area (Å²) in [4.78, 5) is 52.0. The summed E-state index contributed by atoms with van der Waals surface area (Å²) in [6.07, 6.45) is 4.54. The maximum absolute atomic E-state index is 14.9. The number of halogens is 1. The highest BCUT2D eigenvalue weighted by molar-refractivity contribution is 9.09. The fourth-order valence-corrected chi connectivity index (χ4v) is 11.7. The van der Waals surface area contributed by atoms with Crippen molar-refractivity contribution >= 4 is 51.1 Å². The summed E-state index contributed by atoms with van der Waals surface area (Å²) >= 11 is 5.52. The number of amides is 3. The third-order valence-electron chi connectivity index (χ3n) is 10.1. The Labute approximate surface area is 298 Å². The van der Waals surface area contributed by atoms with Gasteiger partial charge >= 0.3 is 0 Å². The average Bonchev–Trinajstić information content (AvgIpc) is 3.68. The fourth-order valence-electron chi connectivity index (χ4n) is 8.07. The summed E-state index contributed by atoms with van der Waals surface area (Å²) < 4.78 is 10.3. The number of nitrogens with zero attached hydrogens (tertiary/aromatic N) is 4. The molecule has 4 fully saturated rings. The van der Waals surface area contributed by atoms with Crippen molar-refractivity contribution in [1.29, 1.82) is 0 Å². The Kier molecular flexibility index (Phi) is 12.4. The van der Waals surface area contributed by atoms with E-state index in [2.05, 4.69) is 47.8 Å². The number of aliphatic hydroxyl groups excluding tert-OH is 1. The zero-order valence-electron chi connectivity index (χ0n) is 28.5. The summed E-state index contributed by atoms with van der Waals surface area (Å²) in [7, 11) is 0. The van der Waals surface area contributed by atoms with E-state index in [-0.39, 0.29) is 46.9 Å². The predicted molar refractivity (Wildman–Crippen MR) is 194 cm³/mol. The van der Waals surface area contributed by atoms with E-state index < -0.39 is 28.7 Å². The van der Waals surface area contributed by atoms with Gasteiger partial charge in [0, 0.05) is 55.0 Å². The number of anilines is 1.